The van der Waals surface area contributed by atoms with Crippen molar-refractivity contribution in [3.63, 3.8) is 0 Å². The Hall–Kier alpha value is -0.340. The van der Waals surface area contributed by atoms with Gasteiger partial charge in [-0.15, -0.1) is 0 Å². The molecule has 0 spiro atoms. The van der Waals surface area contributed by atoms with Gasteiger partial charge >= 0.3 is 6.18 Å². The predicted octanol–water partition coefficient (Wildman–Crippen LogP) is 0.938. The number of hydrogen-bond acceptors (Lipinski definition) is 4. The lowest BCUT2D eigenvalue weighted by Gasteiger charge is -2.25. The highest BCUT2D eigenvalue weighted by atomic mass is 32.2. The first-order chi connectivity index (χ1) is 7.10. The molecule has 0 heterocycles. The van der Waals surface area contributed by atoms with Crippen molar-refractivity contribution >= 4 is 9.84 Å². The van der Waals surface area contributed by atoms with E-state index in [1.165, 1.54) is 0 Å². The fourth-order valence-corrected chi connectivity index (χ4v) is 2.67. The number of unbranched alkanes of at least 4 members (excludes halogenated alkanes) is 1. The van der Waals surface area contributed by atoms with Gasteiger partial charge in [0.05, 0.1) is 12.3 Å². The maximum atomic E-state index is 12.0. The van der Waals surface area contributed by atoms with E-state index in [4.69, 9.17) is 5.73 Å². The van der Waals surface area contributed by atoms with Crippen molar-refractivity contribution in [2.45, 2.75) is 31.4 Å². The zero-order valence-corrected chi connectivity index (χ0v) is 10.1. The van der Waals surface area contributed by atoms with Gasteiger partial charge in [-0.05, 0) is 13.5 Å². The van der Waals surface area contributed by atoms with E-state index in [2.05, 4.69) is 0 Å². The number of hydrogen-bond donors (Lipinski definition) is 1. The molecule has 0 fully saturated rings. The SMILES string of the molecule is CCCCS(=O)(=O)C(N)N(C)CC(F)(F)F. The Morgan fingerprint density at radius 1 is 1.38 bits per heavy atom. The smallest absolute Gasteiger partial charge is 0.303 e. The van der Waals surface area contributed by atoms with Crippen LogP contribution in [-0.4, -0.2) is 44.3 Å². The Bertz CT molecular complexity index is 303. The third kappa shape index (κ3) is 5.66. The summed E-state index contributed by atoms with van der Waals surface area (Å²) in [7, 11) is -2.65. The van der Waals surface area contributed by atoms with E-state index in [9.17, 15) is 21.6 Å². The van der Waals surface area contributed by atoms with Gasteiger partial charge in [-0.2, -0.15) is 13.2 Å². The molecule has 0 saturated heterocycles. The Kier molecular flexibility index (Phi) is 5.71. The van der Waals surface area contributed by atoms with E-state index in [1.54, 1.807) is 6.92 Å². The highest BCUT2D eigenvalue weighted by Crippen LogP contribution is 2.17. The molecule has 0 aromatic heterocycles. The molecule has 0 aliphatic carbocycles. The van der Waals surface area contributed by atoms with Gasteiger partial charge in [-0.3, -0.25) is 4.90 Å². The molecule has 0 aromatic rings. The summed E-state index contributed by atoms with van der Waals surface area (Å²) >= 11 is 0. The predicted molar refractivity (Wildman–Crippen MR) is 55.4 cm³/mol. The molecule has 4 nitrogen and oxygen atoms in total. The van der Waals surface area contributed by atoms with Gasteiger partial charge in [0.2, 0.25) is 0 Å². The second-order valence-electron chi connectivity index (χ2n) is 3.64. The molecule has 8 heteroatoms. The summed E-state index contributed by atoms with van der Waals surface area (Å²) in [4.78, 5) is 0.588. The van der Waals surface area contributed by atoms with E-state index < -0.39 is 28.1 Å². The minimum absolute atomic E-state index is 0.188. The number of halogens is 3. The number of rotatable bonds is 6. The van der Waals surface area contributed by atoms with Crippen LogP contribution in [0.15, 0.2) is 0 Å². The normalized spacial score (nSPS) is 15.4. The van der Waals surface area contributed by atoms with Crippen LogP contribution in [0, 0.1) is 0 Å². The average Bonchev–Trinajstić information content (AvgIpc) is 2.10. The van der Waals surface area contributed by atoms with Crippen LogP contribution in [0.25, 0.3) is 0 Å². The van der Waals surface area contributed by atoms with E-state index >= 15 is 0 Å². The lowest BCUT2D eigenvalue weighted by atomic mass is 10.4. The molecule has 0 aliphatic heterocycles. The summed E-state index contributed by atoms with van der Waals surface area (Å²) in [6.45, 7) is 0.458. The van der Waals surface area contributed by atoms with Crippen molar-refractivity contribution in [2.24, 2.45) is 5.73 Å². The third-order valence-corrected chi connectivity index (χ3v) is 3.97. The van der Waals surface area contributed by atoms with Crippen LogP contribution in [0.4, 0.5) is 13.2 Å². The largest absolute Gasteiger partial charge is 0.401 e. The fraction of sp³-hybridized carbons (Fsp3) is 1.00. The van der Waals surface area contributed by atoms with Gasteiger partial charge in [-0.1, -0.05) is 13.3 Å². The summed E-state index contributed by atoms with van der Waals surface area (Å²) in [6, 6.07) is 0. The minimum atomic E-state index is -4.45. The van der Waals surface area contributed by atoms with Crippen LogP contribution < -0.4 is 5.73 Å². The van der Waals surface area contributed by atoms with Gasteiger partial charge in [-0.25, -0.2) is 8.42 Å². The van der Waals surface area contributed by atoms with E-state index in [0.29, 0.717) is 17.7 Å². The van der Waals surface area contributed by atoms with Crippen LogP contribution in [0.3, 0.4) is 0 Å². The standard InChI is InChI=1S/C8H17F3N2O2S/c1-3-4-5-16(14,15)7(12)13(2)6-8(9,10)11/h7H,3-6,12H2,1-2H3. The molecule has 0 rings (SSSR count). The molecule has 1 atom stereocenters. The molecule has 0 bridgehead atoms. The number of nitrogens with zero attached hydrogens (tertiary/aromatic N) is 1. The molecular formula is C8H17F3N2O2S. The van der Waals surface area contributed by atoms with Gasteiger partial charge in [0.15, 0.2) is 15.3 Å². The summed E-state index contributed by atoms with van der Waals surface area (Å²) in [5, 5.41) is 0. The third-order valence-electron chi connectivity index (χ3n) is 2.01. The molecule has 16 heavy (non-hydrogen) atoms. The van der Waals surface area contributed by atoms with Crippen LogP contribution >= 0.6 is 0 Å². The summed E-state index contributed by atoms with van der Waals surface area (Å²) in [5.41, 5.74) is 3.68. The van der Waals surface area contributed by atoms with Crippen molar-refractivity contribution < 1.29 is 21.6 Å². The van der Waals surface area contributed by atoms with Crippen molar-refractivity contribution in [2.75, 3.05) is 19.3 Å². The lowest BCUT2D eigenvalue weighted by molar-refractivity contribution is -0.144. The Morgan fingerprint density at radius 3 is 2.25 bits per heavy atom. The Labute approximate surface area is 93.5 Å². The first-order valence-corrected chi connectivity index (χ1v) is 6.56. The molecule has 2 N–H and O–H groups in total. The van der Waals surface area contributed by atoms with Crippen LogP contribution in [0.1, 0.15) is 19.8 Å². The van der Waals surface area contributed by atoms with Gasteiger partial charge in [0.1, 0.15) is 0 Å². The highest BCUT2D eigenvalue weighted by molar-refractivity contribution is 7.91. The fourth-order valence-electron chi connectivity index (χ4n) is 1.11. The highest BCUT2D eigenvalue weighted by Gasteiger charge is 2.34. The second kappa shape index (κ2) is 5.83. The molecule has 0 aliphatic rings. The van der Waals surface area contributed by atoms with Crippen molar-refractivity contribution in [3.8, 4) is 0 Å². The monoisotopic (exact) mass is 262 g/mol. The van der Waals surface area contributed by atoms with Crippen LogP contribution in [0.5, 0.6) is 0 Å². The van der Waals surface area contributed by atoms with E-state index in [0.717, 1.165) is 7.05 Å². The molecule has 98 valence electrons. The van der Waals surface area contributed by atoms with Crippen LogP contribution in [-0.2, 0) is 9.84 Å². The lowest BCUT2D eigenvalue weighted by Crippen LogP contribution is -2.49. The maximum Gasteiger partial charge on any atom is 0.401 e. The minimum Gasteiger partial charge on any atom is -0.303 e. The molecule has 0 saturated carbocycles. The van der Waals surface area contributed by atoms with Crippen molar-refractivity contribution in [1.82, 2.24) is 4.90 Å². The van der Waals surface area contributed by atoms with Gasteiger partial charge in [0, 0.05) is 0 Å². The number of alkyl halides is 3. The summed E-state index contributed by atoms with van der Waals surface area (Å²) < 4.78 is 59.0. The van der Waals surface area contributed by atoms with E-state index in [-0.39, 0.29) is 5.75 Å². The first kappa shape index (κ1) is 15.7. The number of sulfone groups is 1. The average molecular weight is 262 g/mol. The van der Waals surface area contributed by atoms with Crippen LogP contribution in [0.2, 0.25) is 0 Å². The zero-order chi connectivity index (χ0) is 13.0. The first-order valence-electron chi connectivity index (χ1n) is 4.84. The summed E-state index contributed by atoms with van der Waals surface area (Å²) in [6.07, 6.45) is -3.41. The topological polar surface area (TPSA) is 63.4 Å². The second-order valence-corrected chi connectivity index (χ2v) is 5.86. The maximum absolute atomic E-state index is 12.0. The zero-order valence-electron chi connectivity index (χ0n) is 9.29. The van der Waals surface area contributed by atoms with Gasteiger partial charge < -0.3 is 5.73 Å². The molecule has 0 amide bonds. The Balaban J connectivity index is 4.48. The van der Waals surface area contributed by atoms with Gasteiger partial charge in [0.25, 0.3) is 0 Å². The number of nitrogens with two attached hydrogens (primary N) is 1. The Morgan fingerprint density at radius 2 is 1.88 bits per heavy atom. The molecule has 1 unspecified atom stereocenters. The van der Waals surface area contributed by atoms with E-state index in [1.807, 2.05) is 0 Å². The molecular weight excluding hydrogens is 245 g/mol. The molecule has 0 radical (unpaired) electrons. The quantitative estimate of drug-likeness (QED) is 0.724. The van der Waals surface area contributed by atoms with Crippen molar-refractivity contribution in [1.29, 1.82) is 0 Å². The van der Waals surface area contributed by atoms with Crippen molar-refractivity contribution in [3.05, 3.63) is 0 Å². The summed E-state index contributed by atoms with van der Waals surface area (Å²) in [5.74, 6) is -0.188. The molecule has 0 aromatic carbocycles.